The Morgan fingerprint density at radius 2 is 2.06 bits per heavy atom. The first-order chi connectivity index (χ1) is 16.3. The van der Waals surface area contributed by atoms with E-state index >= 15 is 0 Å². The van der Waals surface area contributed by atoms with Crippen LogP contribution in [0.25, 0.3) is 0 Å². The summed E-state index contributed by atoms with van der Waals surface area (Å²) in [6.45, 7) is 0.365. The number of carbonyl (C=O) groups is 2. The van der Waals surface area contributed by atoms with Crippen LogP contribution < -0.4 is 14.8 Å². The van der Waals surface area contributed by atoms with Gasteiger partial charge in [-0.3, -0.25) is 9.59 Å². The molecule has 0 spiro atoms. The van der Waals surface area contributed by atoms with Crippen molar-refractivity contribution in [1.29, 1.82) is 0 Å². The SMILES string of the molecule is COc1cc(O)c([C@H](CC(=O)N2CCO[C@@H](C(F)F)C2)c2ccc3c(c2)CNC3=O)c(OC)c1. The van der Waals surface area contributed by atoms with Crippen LogP contribution in [0.3, 0.4) is 0 Å². The first-order valence-electron chi connectivity index (χ1n) is 10.9. The molecule has 2 aliphatic rings. The average Bonchev–Trinajstić information content (AvgIpc) is 3.22. The van der Waals surface area contributed by atoms with Gasteiger partial charge in [0.1, 0.15) is 23.4 Å². The van der Waals surface area contributed by atoms with Crippen LogP contribution in [0.4, 0.5) is 8.78 Å². The number of ether oxygens (including phenoxy) is 3. The van der Waals surface area contributed by atoms with Gasteiger partial charge in [0.2, 0.25) is 5.91 Å². The molecule has 1 fully saturated rings. The Morgan fingerprint density at radius 3 is 2.76 bits per heavy atom. The molecule has 182 valence electrons. The number of morpholine rings is 1. The number of aromatic hydroxyl groups is 1. The number of carbonyl (C=O) groups excluding carboxylic acids is 2. The number of alkyl halides is 2. The average molecular weight is 476 g/mol. The molecule has 0 aliphatic carbocycles. The summed E-state index contributed by atoms with van der Waals surface area (Å²) in [7, 11) is 2.90. The highest BCUT2D eigenvalue weighted by Crippen LogP contribution is 2.43. The van der Waals surface area contributed by atoms with Crippen molar-refractivity contribution < 1.29 is 37.7 Å². The van der Waals surface area contributed by atoms with Gasteiger partial charge in [-0.2, -0.15) is 0 Å². The first-order valence-corrected chi connectivity index (χ1v) is 10.9. The predicted octanol–water partition coefficient (Wildman–Crippen LogP) is 2.67. The van der Waals surface area contributed by atoms with Gasteiger partial charge in [-0.1, -0.05) is 12.1 Å². The zero-order valence-electron chi connectivity index (χ0n) is 18.8. The maximum absolute atomic E-state index is 13.3. The van der Waals surface area contributed by atoms with Crippen molar-refractivity contribution in [3.05, 3.63) is 52.6 Å². The Hall–Kier alpha value is -3.40. The van der Waals surface area contributed by atoms with Gasteiger partial charge in [0, 0.05) is 48.7 Å². The van der Waals surface area contributed by atoms with Crippen LogP contribution in [-0.2, 0) is 16.1 Å². The van der Waals surface area contributed by atoms with Gasteiger partial charge in [-0.05, 0) is 17.2 Å². The van der Waals surface area contributed by atoms with E-state index in [1.807, 2.05) is 6.07 Å². The maximum Gasteiger partial charge on any atom is 0.266 e. The van der Waals surface area contributed by atoms with Crippen molar-refractivity contribution in [3.8, 4) is 17.2 Å². The number of rotatable bonds is 7. The molecule has 0 saturated carbocycles. The minimum Gasteiger partial charge on any atom is -0.507 e. The van der Waals surface area contributed by atoms with Gasteiger partial charge in [0.05, 0.1) is 27.4 Å². The number of benzene rings is 2. The summed E-state index contributed by atoms with van der Waals surface area (Å²) in [5, 5.41) is 13.6. The summed E-state index contributed by atoms with van der Waals surface area (Å²) < 4.78 is 42.1. The van der Waals surface area contributed by atoms with Gasteiger partial charge >= 0.3 is 0 Å². The van der Waals surface area contributed by atoms with E-state index in [1.165, 1.54) is 25.2 Å². The highest BCUT2D eigenvalue weighted by atomic mass is 19.3. The molecule has 2 heterocycles. The first kappa shape index (κ1) is 23.7. The number of nitrogens with zero attached hydrogens (tertiary/aromatic N) is 1. The number of nitrogens with one attached hydrogen (secondary N) is 1. The van der Waals surface area contributed by atoms with Crippen molar-refractivity contribution in [2.24, 2.45) is 0 Å². The quantitative estimate of drug-likeness (QED) is 0.638. The fourth-order valence-electron chi connectivity index (χ4n) is 4.44. The predicted molar refractivity (Wildman–Crippen MR) is 118 cm³/mol. The number of phenols is 1. The molecule has 2 aromatic rings. The Labute approximate surface area is 195 Å². The van der Waals surface area contributed by atoms with Crippen LogP contribution >= 0.6 is 0 Å². The molecule has 2 N–H and O–H groups in total. The highest BCUT2D eigenvalue weighted by Gasteiger charge is 2.34. The Balaban J connectivity index is 1.73. The van der Waals surface area contributed by atoms with Gasteiger partial charge in [0.15, 0.2) is 0 Å². The number of hydrogen-bond acceptors (Lipinski definition) is 6. The maximum atomic E-state index is 13.3. The molecule has 8 nitrogen and oxygen atoms in total. The number of amides is 2. The number of methoxy groups -OCH3 is 2. The third-order valence-electron chi connectivity index (χ3n) is 6.22. The van der Waals surface area contributed by atoms with E-state index in [0.29, 0.717) is 34.7 Å². The normalized spacial score (nSPS) is 18.4. The molecule has 2 aromatic carbocycles. The van der Waals surface area contributed by atoms with E-state index in [2.05, 4.69) is 5.32 Å². The van der Waals surface area contributed by atoms with E-state index < -0.39 is 18.4 Å². The second kappa shape index (κ2) is 9.84. The largest absolute Gasteiger partial charge is 0.507 e. The van der Waals surface area contributed by atoms with Gasteiger partial charge < -0.3 is 29.5 Å². The summed E-state index contributed by atoms with van der Waals surface area (Å²) in [6, 6.07) is 8.25. The molecule has 2 atom stereocenters. The van der Waals surface area contributed by atoms with Crippen LogP contribution in [0.15, 0.2) is 30.3 Å². The summed E-state index contributed by atoms with van der Waals surface area (Å²) in [6.07, 6.45) is -4.14. The van der Waals surface area contributed by atoms with Crippen molar-refractivity contribution in [1.82, 2.24) is 10.2 Å². The molecular formula is C24H26F2N2O6. The van der Waals surface area contributed by atoms with Crippen LogP contribution in [0.1, 0.15) is 39.4 Å². The highest BCUT2D eigenvalue weighted by molar-refractivity contribution is 5.98. The smallest absolute Gasteiger partial charge is 0.266 e. The van der Waals surface area contributed by atoms with Gasteiger partial charge in [-0.25, -0.2) is 8.78 Å². The topological polar surface area (TPSA) is 97.3 Å². The molecule has 0 radical (unpaired) electrons. The number of halogens is 2. The van der Waals surface area contributed by atoms with Crippen LogP contribution in [0.2, 0.25) is 0 Å². The standard InChI is InChI=1S/C24H26F2N2O6/c1-32-15-8-18(29)22(19(9-15)33-2)17(13-3-4-16-14(7-13)11-27-24(16)31)10-21(30)28-5-6-34-20(12-28)23(25)26/h3-4,7-9,17,20,23,29H,5-6,10-12H2,1-2H3,(H,27,31)/t17-,20-/m1/s1. The fraction of sp³-hybridized carbons (Fsp3) is 0.417. The van der Waals surface area contributed by atoms with E-state index in [4.69, 9.17) is 14.2 Å². The molecular weight excluding hydrogens is 450 g/mol. The third kappa shape index (κ3) is 4.63. The molecule has 4 rings (SSSR count). The minimum absolute atomic E-state index is 0.0230. The van der Waals surface area contributed by atoms with Crippen LogP contribution in [0, 0.1) is 0 Å². The molecule has 0 bridgehead atoms. The molecule has 2 aliphatic heterocycles. The lowest BCUT2D eigenvalue weighted by Crippen LogP contribution is -2.48. The zero-order valence-corrected chi connectivity index (χ0v) is 18.8. The van der Waals surface area contributed by atoms with Crippen LogP contribution in [0.5, 0.6) is 17.2 Å². The second-order valence-electron chi connectivity index (χ2n) is 8.20. The van der Waals surface area contributed by atoms with Crippen molar-refractivity contribution in [3.63, 3.8) is 0 Å². The van der Waals surface area contributed by atoms with E-state index in [9.17, 15) is 23.5 Å². The monoisotopic (exact) mass is 476 g/mol. The molecule has 34 heavy (non-hydrogen) atoms. The lowest BCUT2D eigenvalue weighted by molar-refractivity contribution is -0.146. The Kier molecular flexibility index (Phi) is 6.87. The Morgan fingerprint density at radius 1 is 1.26 bits per heavy atom. The fourth-order valence-corrected chi connectivity index (χ4v) is 4.44. The molecule has 0 unspecified atom stereocenters. The van der Waals surface area contributed by atoms with Gasteiger partial charge in [0.25, 0.3) is 12.3 Å². The molecule has 10 heteroatoms. The van der Waals surface area contributed by atoms with Crippen LogP contribution in [-0.4, -0.2) is 68.3 Å². The van der Waals surface area contributed by atoms with Crippen molar-refractivity contribution >= 4 is 11.8 Å². The zero-order chi connectivity index (χ0) is 24.4. The number of phenolic OH excluding ortho intramolecular Hbond substituents is 1. The molecule has 0 aromatic heterocycles. The summed E-state index contributed by atoms with van der Waals surface area (Å²) in [5.41, 5.74) is 2.37. The van der Waals surface area contributed by atoms with E-state index in [0.717, 1.165) is 5.56 Å². The van der Waals surface area contributed by atoms with Crippen molar-refractivity contribution in [2.75, 3.05) is 33.9 Å². The minimum atomic E-state index is -2.70. The summed E-state index contributed by atoms with van der Waals surface area (Å²) in [5.74, 6) is -0.633. The third-order valence-corrected chi connectivity index (χ3v) is 6.22. The van der Waals surface area contributed by atoms with E-state index in [-0.39, 0.29) is 43.7 Å². The second-order valence-corrected chi connectivity index (χ2v) is 8.20. The number of fused-ring (bicyclic) bond motifs is 1. The summed E-state index contributed by atoms with van der Waals surface area (Å²) in [4.78, 5) is 26.6. The van der Waals surface area contributed by atoms with E-state index in [1.54, 1.807) is 18.2 Å². The molecule has 2 amide bonds. The lowest BCUT2D eigenvalue weighted by Gasteiger charge is -2.33. The Bertz CT molecular complexity index is 1090. The lowest BCUT2D eigenvalue weighted by atomic mass is 9.85. The van der Waals surface area contributed by atoms with Gasteiger partial charge in [-0.15, -0.1) is 0 Å². The summed E-state index contributed by atoms with van der Waals surface area (Å²) >= 11 is 0. The number of hydrogen-bond donors (Lipinski definition) is 2. The van der Waals surface area contributed by atoms with Crippen molar-refractivity contribution in [2.45, 2.75) is 31.4 Å². The molecule has 1 saturated heterocycles.